The Hall–Kier alpha value is -0.610. The van der Waals surface area contributed by atoms with Gasteiger partial charge in [0.05, 0.1) is 37.9 Å². The summed E-state index contributed by atoms with van der Waals surface area (Å²) in [5, 5.41) is 0. The second-order valence-corrected chi connectivity index (χ2v) is 11.9. The van der Waals surface area contributed by atoms with Crippen LogP contribution in [0.4, 0.5) is 0 Å². The van der Waals surface area contributed by atoms with Gasteiger partial charge in [0.1, 0.15) is 0 Å². The molecule has 0 bridgehead atoms. The van der Waals surface area contributed by atoms with E-state index in [1.54, 1.807) is 0 Å². The molecule has 2 fully saturated rings. The molecule has 0 N–H and O–H groups in total. The van der Waals surface area contributed by atoms with Gasteiger partial charge in [-0.1, -0.05) is 122 Å². The van der Waals surface area contributed by atoms with Crippen molar-refractivity contribution < 1.29 is 19.0 Å². The van der Waals surface area contributed by atoms with Crippen LogP contribution in [0, 0.1) is 5.92 Å². The second-order valence-electron chi connectivity index (χ2n) is 11.9. The normalized spacial score (nSPS) is 20.8. The van der Waals surface area contributed by atoms with Crippen LogP contribution in [-0.2, 0) is 19.0 Å². The first kappa shape index (κ1) is 32.6. The Morgan fingerprint density at radius 1 is 0.514 bits per heavy atom. The lowest BCUT2D eigenvalue weighted by Crippen LogP contribution is -2.29. The van der Waals surface area contributed by atoms with Crippen LogP contribution < -0.4 is 0 Å². The van der Waals surface area contributed by atoms with Crippen molar-refractivity contribution >= 4 is 5.97 Å². The van der Waals surface area contributed by atoms with Crippen LogP contribution in [0.5, 0.6) is 0 Å². The van der Waals surface area contributed by atoms with E-state index in [2.05, 4.69) is 6.92 Å². The molecule has 0 heterocycles. The molecule has 2 saturated carbocycles. The number of carbonyl (C=O) groups is 1. The SMILES string of the molecule is CCCCCCCCCCCCCCCCCCOC(=O)C1CCC(OCCOC2CCCCC2)CC1. The van der Waals surface area contributed by atoms with Gasteiger partial charge in [-0.2, -0.15) is 0 Å². The van der Waals surface area contributed by atoms with Gasteiger partial charge in [-0.25, -0.2) is 0 Å². The predicted octanol–water partition coefficient (Wildman–Crippen LogP) is 9.72. The summed E-state index contributed by atoms with van der Waals surface area (Å²) in [7, 11) is 0. The first-order chi connectivity index (χ1) is 18.3. The molecule has 4 heteroatoms. The highest BCUT2D eigenvalue weighted by Crippen LogP contribution is 2.27. The minimum Gasteiger partial charge on any atom is -0.465 e. The molecule has 218 valence electrons. The van der Waals surface area contributed by atoms with Crippen LogP contribution in [-0.4, -0.2) is 38.0 Å². The van der Waals surface area contributed by atoms with Crippen molar-refractivity contribution in [1.82, 2.24) is 0 Å². The van der Waals surface area contributed by atoms with Gasteiger partial charge >= 0.3 is 5.97 Å². The molecule has 0 unspecified atom stereocenters. The average Bonchev–Trinajstić information content (AvgIpc) is 2.93. The molecule has 2 aliphatic rings. The van der Waals surface area contributed by atoms with Crippen molar-refractivity contribution in [3.05, 3.63) is 0 Å². The molecular formula is C33H62O4. The maximum Gasteiger partial charge on any atom is 0.308 e. The zero-order valence-corrected chi connectivity index (χ0v) is 24.7. The Morgan fingerprint density at radius 2 is 0.946 bits per heavy atom. The van der Waals surface area contributed by atoms with E-state index in [0.29, 0.717) is 32.0 Å². The quantitative estimate of drug-likeness (QED) is 0.0989. The van der Waals surface area contributed by atoms with Crippen molar-refractivity contribution in [3.8, 4) is 0 Å². The highest BCUT2D eigenvalue weighted by molar-refractivity contribution is 5.72. The Balaban J connectivity index is 1.29. The molecule has 2 rings (SSSR count). The van der Waals surface area contributed by atoms with E-state index < -0.39 is 0 Å². The summed E-state index contributed by atoms with van der Waals surface area (Å²) in [4.78, 5) is 12.4. The van der Waals surface area contributed by atoms with Crippen molar-refractivity contribution in [2.45, 2.75) is 180 Å². The minimum atomic E-state index is 0.0278. The van der Waals surface area contributed by atoms with Gasteiger partial charge in [0, 0.05) is 0 Å². The number of hydrogen-bond acceptors (Lipinski definition) is 4. The number of esters is 1. The van der Waals surface area contributed by atoms with Gasteiger partial charge < -0.3 is 14.2 Å². The molecule has 4 nitrogen and oxygen atoms in total. The monoisotopic (exact) mass is 522 g/mol. The summed E-state index contributed by atoms with van der Waals surface area (Å²) in [6, 6.07) is 0. The summed E-state index contributed by atoms with van der Waals surface area (Å²) in [5.41, 5.74) is 0. The molecule has 0 aliphatic heterocycles. The van der Waals surface area contributed by atoms with E-state index >= 15 is 0 Å². The third-order valence-corrected chi connectivity index (χ3v) is 8.59. The van der Waals surface area contributed by atoms with Crippen LogP contribution in [0.2, 0.25) is 0 Å². The molecule has 0 spiro atoms. The lowest BCUT2D eigenvalue weighted by Gasteiger charge is -2.28. The van der Waals surface area contributed by atoms with Gasteiger partial charge in [-0.05, 0) is 44.9 Å². The zero-order chi connectivity index (χ0) is 26.2. The summed E-state index contributed by atoms with van der Waals surface area (Å²) in [6.45, 7) is 4.30. The van der Waals surface area contributed by atoms with Gasteiger partial charge in [-0.3, -0.25) is 4.79 Å². The fourth-order valence-electron chi connectivity index (χ4n) is 6.07. The summed E-state index contributed by atoms with van der Waals surface area (Å²) in [6.07, 6.45) is 32.8. The van der Waals surface area contributed by atoms with Crippen LogP contribution >= 0.6 is 0 Å². The number of rotatable bonds is 23. The van der Waals surface area contributed by atoms with Gasteiger partial charge in [0.15, 0.2) is 0 Å². The Kier molecular flexibility index (Phi) is 20.5. The van der Waals surface area contributed by atoms with Crippen molar-refractivity contribution in [2.75, 3.05) is 19.8 Å². The molecule has 37 heavy (non-hydrogen) atoms. The fourth-order valence-corrected chi connectivity index (χ4v) is 6.07. The van der Waals surface area contributed by atoms with Gasteiger partial charge in [0.25, 0.3) is 0 Å². The standard InChI is InChI=1S/C33H62O4/c1-2-3-4-5-6-7-8-9-10-11-12-13-14-15-16-20-27-37-33(34)30-23-25-32(26-24-30)36-29-28-35-31-21-18-17-19-22-31/h30-32H,2-29H2,1H3. The third-order valence-electron chi connectivity index (χ3n) is 8.59. The molecule has 0 amide bonds. The number of ether oxygens (including phenoxy) is 3. The highest BCUT2D eigenvalue weighted by Gasteiger charge is 2.27. The van der Waals surface area contributed by atoms with E-state index in [1.165, 1.54) is 128 Å². The highest BCUT2D eigenvalue weighted by atomic mass is 16.5. The molecule has 2 aliphatic carbocycles. The van der Waals surface area contributed by atoms with Crippen molar-refractivity contribution in [3.63, 3.8) is 0 Å². The summed E-state index contributed by atoms with van der Waals surface area (Å²) in [5.74, 6) is 0.111. The molecule has 0 aromatic carbocycles. The zero-order valence-electron chi connectivity index (χ0n) is 24.7. The topological polar surface area (TPSA) is 44.8 Å². The first-order valence-corrected chi connectivity index (χ1v) is 16.7. The summed E-state index contributed by atoms with van der Waals surface area (Å²) < 4.78 is 17.6. The number of hydrogen-bond donors (Lipinski definition) is 0. The van der Waals surface area contributed by atoms with E-state index in [4.69, 9.17) is 14.2 Å². The Labute approximate surface area is 230 Å². The van der Waals surface area contributed by atoms with Crippen molar-refractivity contribution in [2.24, 2.45) is 5.92 Å². The van der Waals surface area contributed by atoms with E-state index in [1.807, 2.05) is 0 Å². The molecule has 0 radical (unpaired) electrons. The fraction of sp³-hybridized carbons (Fsp3) is 0.970. The lowest BCUT2D eigenvalue weighted by molar-refractivity contribution is -0.151. The predicted molar refractivity (Wildman–Crippen MR) is 155 cm³/mol. The van der Waals surface area contributed by atoms with E-state index in [-0.39, 0.29) is 11.9 Å². The Bertz CT molecular complexity index is 508. The van der Waals surface area contributed by atoms with Gasteiger partial charge in [-0.15, -0.1) is 0 Å². The second kappa shape index (κ2) is 23.3. The van der Waals surface area contributed by atoms with E-state index in [0.717, 1.165) is 32.1 Å². The van der Waals surface area contributed by atoms with Crippen molar-refractivity contribution in [1.29, 1.82) is 0 Å². The average molecular weight is 523 g/mol. The van der Waals surface area contributed by atoms with Crippen LogP contribution in [0.25, 0.3) is 0 Å². The lowest BCUT2D eigenvalue weighted by atomic mass is 9.87. The van der Waals surface area contributed by atoms with Crippen LogP contribution in [0.3, 0.4) is 0 Å². The maximum atomic E-state index is 12.4. The number of carbonyl (C=O) groups excluding carboxylic acids is 1. The first-order valence-electron chi connectivity index (χ1n) is 16.7. The maximum absolute atomic E-state index is 12.4. The number of unbranched alkanes of at least 4 members (excludes halogenated alkanes) is 15. The summed E-state index contributed by atoms with van der Waals surface area (Å²) >= 11 is 0. The van der Waals surface area contributed by atoms with Crippen LogP contribution in [0.15, 0.2) is 0 Å². The minimum absolute atomic E-state index is 0.0278. The molecule has 0 saturated heterocycles. The third kappa shape index (κ3) is 17.6. The largest absolute Gasteiger partial charge is 0.465 e. The molecule has 0 aromatic heterocycles. The van der Waals surface area contributed by atoms with Crippen LogP contribution in [0.1, 0.15) is 167 Å². The Morgan fingerprint density at radius 3 is 1.43 bits per heavy atom. The smallest absolute Gasteiger partial charge is 0.308 e. The molecular weight excluding hydrogens is 460 g/mol. The van der Waals surface area contributed by atoms with E-state index in [9.17, 15) is 4.79 Å². The molecule has 0 aromatic rings. The van der Waals surface area contributed by atoms with Gasteiger partial charge in [0.2, 0.25) is 0 Å². The molecule has 0 atom stereocenters.